The lowest BCUT2D eigenvalue weighted by molar-refractivity contribution is 1.18. The Labute approximate surface area is 85.8 Å². The first-order valence-electron chi connectivity index (χ1n) is 4.16. The summed E-state index contributed by atoms with van der Waals surface area (Å²) in [4.78, 5) is 13.9. The average Bonchev–Trinajstić information content (AvgIpc) is 2.11. The third-order valence-electron chi connectivity index (χ3n) is 1.65. The van der Waals surface area contributed by atoms with Crippen LogP contribution < -0.4 is 5.56 Å². The van der Waals surface area contributed by atoms with E-state index in [4.69, 9.17) is 0 Å². The molecular formula is C10H12BrNO. The van der Waals surface area contributed by atoms with Crippen molar-refractivity contribution in [2.75, 3.05) is 5.33 Å². The number of aromatic nitrogens is 1. The quantitative estimate of drug-likeness (QED) is 0.811. The van der Waals surface area contributed by atoms with E-state index in [1.165, 1.54) is 0 Å². The molecule has 1 heterocycles. The molecule has 3 heteroatoms. The van der Waals surface area contributed by atoms with Crippen LogP contribution in [0.25, 0.3) is 6.08 Å². The first-order valence-corrected chi connectivity index (χ1v) is 5.28. The van der Waals surface area contributed by atoms with E-state index >= 15 is 0 Å². The maximum absolute atomic E-state index is 11.2. The highest BCUT2D eigenvalue weighted by Crippen LogP contribution is 2.00. The van der Waals surface area contributed by atoms with E-state index in [1.54, 1.807) is 6.20 Å². The molecule has 1 rings (SSSR count). The van der Waals surface area contributed by atoms with Crippen LogP contribution in [0, 0.1) is 6.92 Å². The maximum Gasteiger partial charge on any atom is 0.255 e. The molecule has 0 unspecified atom stereocenters. The number of allylic oxidation sites excluding steroid dienone is 1. The molecule has 2 nitrogen and oxygen atoms in total. The predicted molar refractivity (Wildman–Crippen MR) is 59.2 cm³/mol. The van der Waals surface area contributed by atoms with Gasteiger partial charge in [0.2, 0.25) is 0 Å². The molecule has 1 aromatic rings. The predicted octanol–water partition coefficient (Wildman–Crippen LogP) is 2.48. The van der Waals surface area contributed by atoms with Gasteiger partial charge >= 0.3 is 0 Å². The van der Waals surface area contributed by atoms with Crippen LogP contribution in [0.15, 0.2) is 23.1 Å². The first-order chi connectivity index (χ1) is 6.24. The van der Waals surface area contributed by atoms with Crippen molar-refractivity contribution in [1.82, 2.24) is 4.98 Å². The molecule has 0 amide bonds. The molecule has 0 radical (unpaired) electrons. The lowest BCUT2D eigenvalue weighted by atomic mass is 10.2. The largest absolute Gasteiger partial charge is 0.328 e. The van der Waals surface area contributed by atoms with E-state index in [1.807, 2.05) is 25.1 Å². The van der Waals surface area contributed by atoms with Crippen LogP contribution in [0.2, 0.25) is 0 Å². The summed E-state index contributed by atoms with van der Waals surface area (Å²) in [6, 6.07) is 1.88. The summed E-state index contributed by atoms with van der Waals surface area (Å²) in [6.07, 6.45) is 6.49. The second-order valence-electron chi connectivity index (χ2n) is 2.84. The summed E-state index contributed by atoms with van der Waals surface area (Å²) >= 11 is 3.32. The van der Waals surface area contributed by atoms with Gasteiger partial charge in [0.05, 0.1) is 0 Å². The minimum atomic E-state index is -0.0311. The Morgan fingerprint density at radius 2 is 2.38 bits per heavy atom. The smallest absolute Gasteiger partial charge is 0.255 e. The van der Waals surface area contributed by atoms with Gasteiger partial charge < -0.3 is 4.98 Å². The summed E-state index contributed by atoms with van der Waals surface area (Å²) in [5.41, 5.74) is 1.76. The van der Waals surface area contributed by atoms with Gasteiger partial charge in [-0.1, -0.05) is 28.1 Å². The van der Waals surface area contributed by atoms with Crippen LogP contribution in [0.5, 0.6) is 0 Å². The molecule has 0 aliphatic carbocycles. The van der Waals surface area contributed by atoms with Crippen LogP contribution in [0.3, 0.4) is 0 Å². The molecule has 1 N–H and O–H groups in total. The Hall–Kier alpha value is -0.830. The van der Waals surface area contributed by atoms with E-state index in [2.05, 4.69) is 20.9 Å². The van der Waals surface area contributed by atoms with Crippen molar-refractivity contribution in [3.8, 4) is 0 Å². The highest BCUT2D eigenvalue weighted by Gasteiger charge is 1.93. The number of halogens is 1. The number of H-pyrrole nitrogens is 1. The number of aromatic amines is 1. The van der Waals surface area contributed by atoms with Gasteiger partial charge in [0, 0.05) is 17.1 Å². The van der Waals surface area contributed by atoms with Gasteiger partial charge in [0.1, 0.15) is 0 Å². The van der Waals surface area contributed by atoms with Crippen molar-refractivity contribution in [3.63, 3.8) is 0 Å². The van der Waals surface area contributed by atoms with E-state index in [-0.39, 0.29) is 5.56 Å². The standard InChI is InChI=1S/C10H12BrNO/c1-8-6-9(4-2-3-5-11)10(13)12-7-8/h2,4,6-7H,3,5H2,1H3,(H,12,13). The Balaban J connectivity index is 2.87. The molecule has 0 aromatic carbocycles. The van der Waals surface area contributed by atoms with Gasteiger partial charge in [-0.2, -0.15) is 0 Å². The van der Waals surface area contributed by atoms with Crippen molar-refractivity contribution in [1.29, 1.82) is 0 Å². The fourth-order valence-electron chi connectivity index (χ4n) is 1.01. The molecule has 0 atom stereocenters. The molecule has 0 fully saturated rings. The molecule has 0 aliphatic rings. The zero-order chi connectivity index (χ0) is 9.68. The van der Waals surface area contributed by atoms with Gasteiger partial charge in [-0.3, -0.25) is 4.79 Å². The highest BCUT2D eigenvalue weighted by molar-refractivity contribution is 9.09. The zero-order valence-corrected chi connectivity index (χ0v) is 9.10. The minimum absolute atomic E-state index is 0.0311. The minimum Gasteiger partial charge on any atom is -0.328 e. The third-order valence-corrected chi connectivity index (χ3v) is 2.11. The van der Waals surface area contributed by atoms with Crippen LogP contribution in [-0.4, -0.2) is 10.3 Å². The van der Waals surface area contributed by atoms with Crippen LogP contribution in [0.4, 0.5) is 0 Å². The molecule has 1 aromatic heterocycles. The van der Waals surface area contributed by atoms with Gasteiger partial charge in [-0.05, 0) is 25.0 Å². The molecule has 0 aliphatic heterocycles. The highest BCUT2D eigenvalue weighted by atomic mass is 79.9. The molecule has 0 bridgehead atoms. The van der Waals surface area contributed by atoms with Gasteiger partial charge in [0.15, 0.2) is 0 Å². The summed E-state index contributed by atoms with van der Waals surface area (Å²) in [5.74, 6) is 0. The Bertz CT molecular complexity index is 354. The number of hydrogen-bond donors (Lipinski definition) is 1. The Morgan fingerprint density at radius 1 is 1.62 bits per heavy atom. The van der Waals surface area contributed by atoms with Crippen LogP contribution in [0.1, 0.15) is 17.5 Å². The lowest BCUT2D eigenvalue weighted by Crippen LogP contribution is -2.08. The first kappa shape index (κ1) is 10.3. The molecule has 0 spiro atoms. The Kier molecular flexibility index (Phi) is 3.96. The number of nitrogens with one attached hydrogen (secondary N) is 1. The number of hydrogen-bond acceptors (Lipinski definition) is 1. The normalized spacial score (nSPS) is 10.9. The number of aryl methyl sites for hydroxylation is 1. The van der Waals surface area contributed by atoms with Crippen molar-refractivity contribution in [2.45, 2.75) is 13.3 Å². The third kappa shape index (κ3) is 3.19. The zero-order valence-electron chi connectivity index (χ0n) is 7.51. The van der Waals surface area contributed by atoms with Gasteiger partial charge in [-0.25, -0.2) is 0 Å². The van der Waals surface area contributed by atoms with E-state index in [9.17, 15) is 4.79 Å². The van der Waals surface area contributed by atoms with Gasteiger partial charge in [-0.15, -0.1) is 0 Å². The topological polar surface area (TPSA) is 32.9 Å². The monoisotopic (exact) mass is 241 g/mol. The lowest BCUT2D eigenvalue weighted by Gasteiger charge is -1.94. The second kappa shape index (κ2) is 5.02. The summed E-state index contributed by atoms with van der Waals surface area (Å²) < 4.78 is 0. The Morgan fingerprint density at radius 3 is 3.08 bits per heavy atom. The maximum atomic E-state index is 11.2. The fourth-order valence-corrected chi connectivity index (χ4v) is 1.28. The summed E-state index contributed by atoms with van der Waals surface area (Å²) in [5, 5.41) is 0.924. The molecule has 0 saturated carbocycles. The molecule has 70 valence electrons. The van der Waals surface area contributed by atoms with Crippen LogP contribution >= 0.6 is 15.9 Å². The number of pyridine rings is 1. The molecule has 0 saturated heterocycles. The van der Waals surface area contributed by atoms with Crippen molar-refractivity contribution < 1.29 is 0 Å². The summed E-state index contributed by atoms with van der Waals surface area (Å²) in [7, 11) is 0. The van der Waals surface area contributed by atoms with Gasteiger partial charge in [0.25, 0.3) is 5.56 Å². The summed E-state index contributed by atoms with van der Waals surface area (Å²) in [6.45, 7) is 1.96. The van der Waals surface area contributed by atoms with Crippen molar-refractivity contribution >= 4 is 22.0 Å². The van der Waals surface area contributed by atoms with Crippen molar-refractivity contribution in [2.24, 2.45) is 0 Å². The second-order valence-corrected chi connectivity index (χ2v) is 3.63. The van der Waals surface area contributed by atoms with Crippen molar-refractivity contribution in [3.05, 3.63) is 39.8 Å². The van der Waals surface area contributed by atoms with E-state index < -0.39 is 0 Å². The van der Waals surface area contributed by atoms with E-state index in [0.717, 1.165) is 22.9 Å². The molecule has 13 heavy (non-hydrogen) atoms. The molecular weight excluding hydrogens is 230 g/mol. The van der Waals surface area contributed by atoms with E-state index in [0.29, 0.717) is 0 Å². The van der Waals surface area contributed by atoms with Crippen LogP contribution in [-0.2, 0) is 0 Å². The average molecular weight is 242 g/mol. The fraction of sp³-hybridized carbons (Fsp3) is 0.300. The SMILES string of the molecule is Cc1c[nH]c(=O)c(C=CCCBr)c1. The number of rotatable bonds is 3. The number of alkyl halides is 1.